The zero-order chi connectivity index (χ0) is 22.8. The highest BCUT2D eigenvalue weighted by molar-refractivity contribution is 5.76. The van der Waals surface area contributed by atoms with Crippen molar-refractivity contribution in [3.8, 4) is 0 Å². The standard InChI is InChI=1S/C27H31N3O2/c1-27(2,3)32-26(31)29-25(24-17-11-6-12-18-24)19-28-30(20-22-13-7-4-8-14-22)21-23-15-9-5-10-16-23/h4-19,25H,20-21H2,1-3H3,(H,29,31)/b28-19+. The van der Waals surface area contributed by atoms with E-state index in [2.05, 4.69) is 29.6 Å². The van der Waals surface area contributed by atoms with Gasteiger partial charge in [0.1, 0.15) is 5.60 Å². The third kappa shape index (κ3) is 7.91. The maximum Gasteiger partial charge on any atom is 0.408 e. The van der Waals surface area contributed by atoms with Gasteiger partial charge in [0.2, 0.25) is 0 Å². The summed E-state index contributed by atoms with van der Waals surface area (Å²) in [6.07, 6.45) is 1.29. The molecule has 32 heavy (non-hydrogen) atoms. The van der Waals surface area contributed by atoms with Gasteiger partial charge in [0.25, 0.3) is 0 Å². The molecule has 1 amide bonds. The normalized spacial score (nSPS) is 12.3. The van der Waals surface area contributed by atoms with Crippen LogP contribution in [-0.2, 0) is 17.8 Å². The average molecular weight is 430 g/mol. The Bertz CT molecular complexity index is 942. The zero-order valence-electron chi connectivity index (χ0n) is 18.9. The number of hydrogen-bond donors (Lipinski definition) is 1. The van der Waals surface area contributed by atoms with E-state index in [9.17, 15) is 4.79 Å². The Morgan fingerprint density at radius 2 is 1.34 bits per heavy atom. The lowest BCUT2D eigenvalue weighted by Gasteiger charge is -2.24. The summed E-state index contributed by atoms with van der Waals surface area (Å²) in [6.45, 7) is 6.85. The fraction of sp³-hybridized carbons (Fsp3) is 0.259. The first kappa shape index (κ1) is 23.1. The van der Waals surface area contributed by atoms with Crippen molar-refractivity contribution in [3.63, 3.8) is 0 Å². The van der Waals surface area contributed by atoms with Gasteiger partial charge in [-0.25, -0.2) is 4.79 Å². The highest BCUT2D eigenvalue weighted by Crippen LogP contribution is 2.15. The van der Waals surface area contributed by atoms with Crippen LogP contribution in [0.15, 0.2) is 96.1 Å². The van der Waals surface area contributed by atoms with Crippen molar-refractivity contribution < 1.29 is 9.53 Å². The second-order valence-corrected chi connectivity index (χ2v) is 8.59. The predicted molar refractivity (Wildman–Crippen MR) is 129 cm³/mol. The Kier molecular flexibility index (Phi) is 8.03. The van der Waals surface area contributed by atoms with Gasteiger partial charge < -0.3 is 10.1 Å². The van der Waals surface area contributed by atoms with Gasteiger partial charge in [-0.2, -0.15) is 5.10 Å². The number of rotatable bonds is 8. The minimum atomic E-state index is -0.574. The molecule has 0 spiro atoms. The van der Waals surface area contributed by atoms with E-state index in [0.29, 0.717) is 13.1 Å². The molecular weight excluding hydrogens is 398 g/mol. The number of nitrogens with one attached hydrogen (secondary N) is 1. The highest BCUT2D eigenvalue weighted by atomic mass is 16.6. The van der Waals surface area contributed by atoms with Crippen molar-refractivity contribution in [2.45, 2.75) is 45.5 Å². The summed E-state index contributed by atoms with van der Waals surface area (Å²) >= 11 is 0. The first-order chi connectivity index (χ1) is 15.4. The molecule has 0 aliphatic heterocycles. The van der Waals surface area contributed by atoms with Crippen LogP contribution in [0.3, 0.4) is 0 Å². The monoisotopic (exact) mass is 429 g/mol. The smallest absolute Gasteiger partial charge is 0.408 e. The molecule has 1 atom stereocenters. The third-order valence-electron chi connectivity index (χ3n) is 4.63. The maximum atomic E-state index is 12.5. The number of amides is 1. The second kappa shape index (κ2) is 11.1. The van der Waals surface area contributed by atoms with Gasteiger partial charge in [-0.15, -0.1) is 0 Å². The van der Waals surface area contributed by atoms with E-state index in [1.54, 1.807) is 6.21 Å². The summed E-state index contributed by atoms with van der Waals surface area (Å²) in [5, 5.41) is 9.71. The molecule has 1 unspecified atom stereocenters. The van der Waals surface area contributed by atoms with Crippen LogP contribution in [-0.4, -0.2) is 22.9 Å². The molecule has 0 aliphatic carbocycles. The molecule has 0 aliphatic rings. The van der Waals surface area contributed by atoms with E-state index >= 15 is 0 Å². The molecule has 3 aromatic carbocycles. The fourth-order valence-corrected chi connectivity index (χ4v) is 3.19. The number of carbonyl (C=O) groups is 1. The van der Waals surface area contributed by atoms with E-state index in [-0.39, 0.29) is 0 Å². The van der Waals surface area contributed by atoms with Crippen molar-refractivity contribution in [2.24, 2.45) is 5.10 Å². The van der Waals surface area contributed by atoms with Crippen LogP contribution < -0.4 is 5.32 Å². The Morgan fingerprint density at radius 1 is 0.875 bits per heavy atom. The van der Waals surface area contributed by atoms with E-state index in [1.807, 2.05) is 92.5 Å². The lowest BCUT2D eigenvalue weighted by molar-refractivity contribution is 0.0518. The van der Waals surface area contributed by atoms with Crippen LogP contribution in [0.1, 0.15) is 43.5 Å². The van der Waals surface area contributed by atoms with E-state index in [4.69, 9.17) is 9.84 Å². The average Bonchev–Trinajstić information content (AvgIpc) is 2.77. The van der Waals surface area contributed by atoms with Crippen LogP contribution in [0, 0.1) is 0 Å². The Balaban J connectivity index is 1.82. The number of hydrogen-bond acceptors (Lipinski definition) is 4. The molecule has 0 heterocycles. The largest absolute Gasteiger partial charge is 0.444 e. The summed E-state index contributed by atoms with van der Waals surface area (Å²) in [6, 6.07) is 29.8. The molecule has 5 heteroatoms. The molecule has 0 fully saturated rings. The summed E-state index contributed by atoms with van der Waals surface area (Å²) in [5.41, 5.74) is 2.69. The highest BCUT2D eigenvalue weighted by Gasteiger charge is 2.20. The van der Waals surface area contributed by atoms with Crippen molar-refractivity contribution >= 4 is 12.3 Å². The van der Waals surface area contributed by atoms with E-state index in [0.717, 1.165) is 16.7 Å². The Labute approximate surface area is 190 Å². The fourth-order valence-electron chi connectivity index (χ4n) is 3.19. The molecule has 0 bridgehead atoms. The molecule has 0 saturated carbocycles. The van der Waals surface area contributed by atoms with Gasteiger partial charge in [-0.3, -0.25) is 5.01 Å². The van der Waals surface area contributed by atoms with Gasteiger partial charge in [-0.05, 0) is 37.5 Å². The number of alkyl carbamates (subject to hydrolysis) is 1. The zero-order valence-corrected chi connectivity index (χ0v) is 18.9. The van der Waals surface area contributed by atoms with Gasteiger partial charge >= 0.3 is 6.09 Å². The number of hydrazone groups is 1. The topological polar surface area (TPSA) is 53.9 Å². The van der Waals surface area contributed by atoms with Gasteiger partial charge in [0.05, 0.1) is 25.3 Å². The van der Waals surface area contributed by atoms with Crippen LogP contribution >= 0.6 is 0 Å². The van der Waals surface area contributed by atoms with Crippen LogP contribution in [0.2, 0.25) is 0 Å². The molecule has 166 valence electrons. The summed E-state index contributed by atoms with van der Waals surface area (Å²) in [5.74, 6) is 0. The molecule has 5 nitrogen and oxygen atoms in total. The first-order valence-corrected chi connectivity index (χ1v) is 10.8. The van der Waals surface area contributed by atoms with Crippen LogP contribution in [0.5, 0.6) is 0 Å². The minimum absolute atomic E-state index is 0.417. The summed E-state index contributed by atoms with van der Waals surface area (Å²) in [4.78, 5) is 12.5. The molecule has 0 aromatic heterocycles. The molecular formula is C27H31N3O2. The summed E-state index contributed by atoms with van der Waals surface area (Å²) in [7, 11) is 0. The minimum Gasteiger partial charge on any atom is -0.444 e. The molecule has 1 N–H and O–H groups in total. The van der Waals surface area contributed by atoms with Crippen LogP contribution in [0.25, 0.3) is 0 Å². The number of benzene rings is 3. The molecule has 0 saturated heterocycles. The van der Waals surface area contributed by atoms with Crippen molar-refractivity contribution in [1.29, 1.82) is 0 Å². The number of carbonyl (C=O) groups excluding carboxylic acids is 1. The van der Waals surface area contributed by atoms with Gasteiger partial charge in [0.15, 0.2) is 0 Å². The third-order valence-corrected chi connectivity index (χ3v) is 4.63. The predicted octanol–water partition coefficient (Wildman–Crippen LogP) is 5.94. The molecule has 3 aromatic rings. The van der Waals surface area contributed by atoms with Crippen molar-refractivity contribution in [1.82, 2.24) is 10.3 Å². The second-order valence-electron chi connectivity index (χ2n) is 8.59. The van der Waals surface area contributed by atoms with E-state index in [1.165, 1.54) is 0 Å². The SMILES string of the molecule is CC(C)(C)OC(=O)NC(/C=N/N(Cc1ccccc1)Cc1ccccc1)c1ccccc1. The maximum absolute atomic E-state index is 12.5. The quantitative estimate of drug-likeness (QED) is 0.356. The van der Waals surface area contributed by atoms with E-state index < -0.39 is 17.7 Å². The molecule has 3 rings (SSSR count). The number of nitrogens with zero attached hydrogens (tertiary/aromatic N) is 2. The lowest BCUT2D eigenvalue weighted by atomic mass is 10.1. The Hall–Kier alpha value is -3.60. The van der Waals surface area contributed by atoms with Crippen molar-refractivity contribution in [3.05, 3.63) is 108 Å². The Morgan fingerprint density at radius 3 is 1.81 bits per heavy atom. The van der Waals surface area contributed by atoms with Crippen molar-refractivity contribution in [2.75, 3.05) is 0 Å². The number of ether oxygens (including phenoxy) is 1. The molecule has 0 radical (unpaired) electrons. The summed E-state index contributed by atoms with van der Waals surface area (Å²) < 4.78 is 5.46. The van der Waals surface area contributed by atoms with Gasteiger partial charge in [-0.1, -0.05) is 91.0 Å². The lowest BCUT2D eigenvalue weighted by Crippen LogP contribution is -2.35. The first-order valence-electron chi connectivity index (χ1n) is 10.8. The van der Waals surface area contributed by atoms with Gasteiger partial charge in [0, 0.05) is 0 Å². The van der Waals surface area contributed by atoms with Crippen LogP contribution in [0.4, 0.5) is 4.79 Å².